The Labute approximate surface area is 146 Å². The number of nitrogens with one attached hydrogen (secondary N) is 2. The summed E-state index contributed by atoms with van der Waals surface area (Å²) in [6.45, 7) is 11.5. The number of unbranched alkanes of at least 4 members (excludes halogenated alkanes) is 1. The van der Waals surface area contributed by atoms with E-state index in [1.807, 2.05) is 13.8 Å². The van der Waals surface area contributed by atoms with Crippen LogP contribution in [0.5, 0.6) is 0 Å². The number of hydrogen-bond donors (Lipinski definition) is 2. The van der Waals surface area contributed by atoms with E-state index in [4.69, 9.17) is 0 Å². The van der Waals surface area contributed by atoms with Crippen LogP contribution in [0.15, 0.2) is 0 Å². The number of hydrogen-bond acceptors (Lipinski definition) is 3. The molecule has 140 valence electrons. The van der Waals surface area contributed by atoms with Gasteiger partial charge in [-0.1, -0.05) is 41.0 Å². The van der Waals surface area contributed by atoms with Gasteiger partial charge in [0.15, 0.2) is 0 Å². The predicted molar refractivity (Wildman–Crippen MR) is 96.5 cm³/mol. The summed E-state index contributed by atoms with van der Waals surface area (Å²) < 4.78 is 0. The highest BCUT2D eigenvalue weighted by molar-refractivity contribution is 5.88. The minimum atomic E-state index is -0.293. The zero-order chi connectivity index (χ0) is 18.6. The van der Waals surface area contributed by atoms with Crippen LogP contribution in [0.4, 0.5) is 0 Å². The smallest absolute Gasteiger partial charge is 0.240 e. The fraction of sp³-hybridized carbons (Fsp3) is 0.833. The van der Waals surface area contributed by atoms with Crippen LogP contribution in [0, 0.1) is 5.41 Å². The lowest BCUT2D eigenvalue weighted by molar-refractivity contribution is -0.136. The van der Waals surface area contributed by atoms with Gasteiger partial charge >= 0.3 is 0 Å². The van der Waals surface area contributed by atoms with Crippen LogP contribution in [0.25, 0.3) is 0 Å². The minimum absolute atomic E-state index is 0.00991. The van der Waals surface area contributed by atoms with Crippen LogP contribution in [0.2, 0.25) is 0 Å². The Morgan fingerprint density at radius 3 is 2.17 bits per heavy atom. The molecule has 3 amide bonds. The molecular formula is C18H35N3O3. The minimum Gasteiger partial charge on any atom is -0.355 e. The molecule has 0 aromatic heterocycles. The molecule has 0 aromatic rings. The molecule has 0 radical (unpaired) electrons. The second-order valence-corrected chi connectivity index (χ2v) is 7.36. The molecule has 0 heterocycles. The molecule has 0 aliphatic rings. The molecule has 0 aliphatic carbocycles. The molecule has 0 saturated heterocycles. The SMILES string of the molecule is CCCCNC(=O)CNC(=O)CN(CCC(C)(C)C)C(=O)CCC. The van der Waals surface area contributed by atoms with Crippen LogP contribution in [-0.2, 0) is 14.4 Å². The lowest BCUT2D eigenvalue weighted by Gasteiger charge is -2.26. The Kier molecular flexibility index (Phi) is 11.1. The number of carbonyl (C=O) groups is 3. The highest BCUT2D eigenvalue weighted by Gasteiger charge is 2.19. The van der Waals surface area contributed by atoms with Gasteiger partial charge in [-0.25, -0.2) is 0 Å². The first kappa shape index (κ1) is 22.4. The van der Waals surface area contributed by atoms with E-state index in [-0.39, 0.29) is 36.2 Å². The van der Waals surface area contributed by atoms with Crippen LogP contribution in [0.3, 0.4) is 0 Å². The van der Waals surface area contributed by atoms with Crippen molar-refractivity contribution in [3.63, 3.8) is 0 Å². The molecule has 0 unspecified atom stereocenters. The van der Waals surface area contributed by atoms with Crippen molar-refractivity contribution in [2.45, 2.75) is 66.7 Å². The Morgan fingerprint density at radius 2 is 1.62 bits per heavy atom. The van der Waals surface area contributed by atoms with E-state index in [0.717, 1.165) is 25.7 Å². The van der Waals surface area contributed by atoms with Gasteiger partial charge in [0.05, 0.1) is 13.1 Å². The van der Waals surface area contributed by atoms with Gasteiger partial charge in [-0.05, 0) is 24.7 Å². The van der Waals surface area contributed by atoms with Gasteiger partial charge in [-0.2, -0.15) is 0 Å². The van der Waals surface area contributed by atoms with Crippen molar-refractivity contribution >= 4 is 17.7 Å². The maximum absolute atomic E-state index is 12.2. The van der Waals surface area contributed by atoms with E-state index in [1.165, 1.54) is 0 Å². The van der Waals surface area contributed by atoms with Crippen molar-refractivity contribution in [2.24, 2.45) is 5.41 Å². The Morgan fingerprint density at radius 1 is 0.958 bits per heavy atom. The number of amides is 3. The quantitative estimate of drug-likeness (QED) is 0.565. The summed E-state index contributed by atoms with van der Waals surface area (Å²) in [5.74, 6) is -0.499. The maximum atomic E-state index is 12.2. The largest absolute Gasteiger partial charge is 0.355 e. The topological polar surface area (TPSA) is 78.5 Å². The van der Waals surface area contributed by atoms with Crippen LogP contribution < -0.4 is 10.6 Å². The first-order valence-corrected chi connectivity index (χ1v) is 9.00. The molecule has 0 aliphatic heterocycles. The summed E-state index contributed by atoms with van der Waals surface area (Å²) >= 11 is 0. The maximum Gasteiger partial charge on any atom is 0.240 e. The molecule has 0 bridgehead atoms. The van der Waals surface area contributed by atoms with E-state index >= 15 is 0 Å². The van der Waals surface area contributed by atoms with E-state index in [1.54, 1.807) is 4.90 Å². The first-order valence-electron chi connectivity index (χ1n) is 9.00. The second kappa shape index (κ2) is 11.9. The molecule has 2 N–H and O–H groups in total. The zero-order valence-electron chi connectivity index (χ0n) is 16.0. The standard InChI is InChI=1S/C18H35N3O3/c1-6-8-11-19-15(22)13-20-16(23)14-21(17(24)9-7-2)12-10-18(3,4)5/h6-14H2,1-5H3,(H,19,22)(H,20,23). The Bertz CT molecular complexity index is 403. The number of nitrogens with zero attached hydrogens (tertiary/aromatic N) is 1. The Hall–Kier alpha value is -1.59. The third kappa shape index (κ3) is 11.9. The summed E-state index contributed by atoms with van der Waals surface area (Å²) in [5, 5.41) is 5.34. The third-order valence-electron chi connectivity index (χ3n) is 3.58. The highest BCUT2D eigenvalue weighted by atomic mass is 16.2. The van der Waals surface area contributed by atoms with Gasteiger partial charge in [0.25, 0.3) is 0 Å². The summed E-state index contributed by atoms with van der Waals surface area (Å²) in [7, 11) is 0. The van der Waals surface area contributed by atoms with Crippen LogP contribution >= 0.6 is 0 Å². The van der Waals surface area contributed by atoms with Gasteiger partial charge in [0, 0.05) is 19.5 Å². The fourth-order valence-electron chi connectivity index (χ4n) is 2.01. The lowest BCUT2D eigenvalue weighted by atomic mass is 9.92. The average Bonchev–Trinajstić information content (AvgIpc) is 2.49. The van der Waals surface area contributed by atoms with Gasteiger partial charge in [0.1, 0.15) is 0 Å². The van der Waals surface area contributed by atoms with Crippen molar-refractivity contribution in [3.8, 4) is 0 Å². The van der Waals surface area contributed by atoms with Crippen LogP contribution in [0.1, 0.15) is 66.7 Å². The molecule has 0 aromatic carbocycles. The molecule has 0 atom stereocenters. The molecular weight excluding hydrogens is 306 g/mol. The van der Waals surface area contributed by atoms with Gasteiger partial charge < -0.3 is 15.5 Å². The monoisotopic (exact) mass is 341 g/mol. The molecule has 0 saturated carbocycles. The van der Waals surface area contributed by atoms with Crippen molar-refractivity contribution < 1.29 is 14.4 Å². The third-order valence-corrected chi connectivity index (χ3v) is 3.58. The van der Waals surface area contributed by atoms with E-state index in [0.29, 0.717) is 19.5 Å². The van der Waals surface area contributed by atoms with Gasteiger partial charge in [-0.15, -0.1) is 0 Å². The van der Waals surface area contributed by atoms with E-state index < -0.39 is 0 Å². The van der Waals surface area contributed by atoms with Crippen molar-refractivity contribution in [1.82, 2.24) is 15.5 Å². The summed E-state index contributed by atoms with van der Waals surface area (Å²) in [4.78, 5) is 37.4. The van der Waals surface area contributed by atoms with E-state index in [2.05, 4.69) is 31.4 Å². The first-order chi connectivity index (χ1) is 11.2. The number of rotatable bonds is 11. The second-order valence-electron chi connectivity index (χ2n) is 7.36. The fourth-order valence-corrected chi connectivity index (χ4v) is 2.01. The van der Waals surface area contributed by atoms with Crippen molar-refractivity contribution in [3.05, 3.63) is 0 Å². The van der Waals surface area contributed by atoms with Gasteiger partial charge in [-0.3, -0.25) is 14.4 Å². The zero-order valence-corrected chi connectivity index (χ0v) is 16.0. The number of carbonyl (C=O) groups excluding carboxylic acids is 3. The summed E-state index contributed by atoms with van der Waals surface area (Å²) in [6.07, 6.45) is 3.95. The molecule has 6 nitrogen and oxygen atoms in total. The molecule has 0 fully saturated rings. The van der Waals surface area contributed by atoms with E-state index in [9.17, 15) is 14.4 Å². The van der Waals surface area contributed by atoms with Gasteiger partial charge in [0.2, 0.25) is 17.7 Å². The summed E-state index contributed by atoms with van der Waals surface area (Å²) in [5.41, 5.74) is 0.0976. The molecule has 0 rings (SSSR count). The molecule has 6 heteroatoms. The normalized spacial score (nSPS) is 11.0. The Balaban J connectivity index is 4.37. The average molecular weight is 341 g/mol. The lowest BCUT2D eigenvalue weighted by Crippen LogP contribution is -2.44. The highest BCUT2D eigenvalue weighted by Crippen LogP contribution is 2.19. The molecule has 24 heavy (non-hydrogen) atoms. The predicted octanol–water partition coefficient (Wildman–Crippen LogP) is 2.08. The van der Waals surface area contributed by atoms with Crippen LogP contribution in [-0.4, -0.2) is 48.8 Å². The molecule has 0 spiro atoms. The summed E-state index contributed by atoms with van der Waals surface area (Å²) in [6, 6.07) is 0. The van der Waals surface area contributed by atoms with Crippen molar-refractivity contribution in [2.75, 3.05) is 26.2 Å². The van der Waals surface area contributed by atoms with Crippen molar-refractivity contribution in [1.29, 1.82) is 0 Å².